The Morgan fingerprint density at radius 1 is 1.32 bits per heavy atom. The van der Waals surface area contributed by atoms with Crippen LogP contribution in [0.3, 0.4) is 0 Å². The van der Waals surface area contributed by atoms with Gasteiger partial charge < -0.3 is 20.2 Å². The molecule has 1 aromatic carbocycles. The van der Waals surface area contributed by atoms with E-state index in [0.29, 0.717) is 30.3 Å². The molecule has 0 spiro atoms. The van der Waals surface area contributed by atoms with Crippen LogP contribution in [0.4, 0.5) is 16.2 Å². The lowest BCUT2D eigenvalue weighted by Gasteiger charge is -2.34. The zero-order valence-electron chi connectivity index (χ0n) is 13.0. The van der Waals surface area contributed by atoms with Crippen molar-refractivity contribution in [1.82, 2.24) is 9.80 Å². The molecule has 7 heteroatoms. The molecule has 2 rings (SSSR count). The molecule has 0 radical (unpaired) electrons. The second-order valence-electron chi connectivity index (χ2n) is 5.54. The van der Waals surface area contributed by atoms with E-state index in [1.54, 1.807) is 11.0 Å². The summed E-state index contributed by atoms with van der Waals surface area (Å²) in [5.41, 5.74) is 1.61. The minimum absolute atomic E-state index is 0.114. The number of β-amino-alcohol motifs (C(OH)–C–C–N with tert-alkyl or cyclic N) is 1. The Morgan fingerprint density at radius 3 is 2.55 bits per heavy atom. The minimum Gasteiger partial charge on any atom is -0.395 e. The number of aliphatic hydroxyl groups excluding tert-OH is 1. The second-order valence-corrected chi connectivity index (χ2v) is 5.95. The number of piperazine rings is 1. The van der Waals surface area contributed by atoms with Crippen molar-refractivity contribution in [1.29, 1.82) is 0 Å². The number of nitrogens with one attached hydrogen (secondary N) is 1. The molecule has 0 unspecified atom stereocenters. The second kappa shape index (κ2) is 7.67. The van der Waals surface area contributed by atoms with E-state index in [9.17, 15) is 4.79 Å². The van der Waals surface area contributed by atoms with Gasteiger partial charge >= 0.3 is 6.03 Å². The van der Waals surface area contributed by atoms with Crippen molar-refractivity contribution in [2.45, 2.75) is 0 Å². The van der Waals surface area contributed by atoms with E-state index in [0.717, 1.165) is 18.8 Å². The molecular weight excluding hydrogens is 304 g/mol. The molecule has 0 atom stereocenters. The molecule has 1 saturated heterocycles. The van der Waals surface area contributed by atoms with Crippen LogP contribution in [0.5, 0.6) is 0 Å². The third kappa shape index (κ3) is 4.25. The number of rotatable bonds is 4. The summed E-state index contributed by atoms with van der Waals surface area (Å²) in [6.07, 6.45) is 0. The van der Waals surface area contributed by atoms with Crippen molar-refractivity contribution < 1.29 is 9.90 Å². The van der Waals surface area contributed by atoms with E-state index >= 15 is 0 Å². The maximum Gasteiger partial charge on any atom is 0.321 e. The molecule has 1 heterocycles. The van der Waals surface area contributed by atoms with Gasteiger partial charge in [0, 0.05) is 52.5 Å². The number of halogens is 1. The van der Waals surface area contributed by atoms with Gasteiger partial charge in [0.1, 0.15) is 0 Å². The molecule has 1 aliphatic heterocycles. The van der Waals surface area contributed by atoms with E-state index in [1.807, 2.05) is 31.1 Å². The first kappa shape index (κ1) is 16.9. The van der Waals surface area contributed by atoms with Gasteiger partial charge in [-0.2, -0.15) is 0 Å². The average molecular weight is 327 g/mol. The number of urea groups is 1. The molecule has 1 aliphatic rings. The predicted octanol–water partition coefficient (Wildman–Crippen LogP) is 1.55. The van der Waals surface area contributed by atoms with Gasteiger partial charge in [-0.25, -0.2) is 4.79 Å². The van der Waals surface area contributed by atoms with Gasteiger partial charge in [0.2, 0.25) is 0 Å². The van der Waals surface area contributed by atoms with Crippen molar-refractivity contribution in [3.63, 3.8) is 0 Å². The number of nitrogens with zero attached hydrogens (tertiary/aromatic N) is 3. The number of amides is 2. The summed E-state index contributed by atoms with van der Waals surface area (Å²) >= 11 is 6.21. The molecule has 2 N–H and O–H groups in total. The van der Waals surface area contributed by atoms with Crippen LogP contribution in [0.25, 0.3) is 0 Å². The molecule has 0 bridgehead atoms. The van der Waals surface area contributed by atoms with Gasteiger partial charge in [0.15, 0.2) is 0 Å². The molecule has 1 fully saturated rings. The highest BCUT2D eigenvalue weighted by molar-refractivity contribution is 6.33. The number of aliphatic hydroxyl groups is 1. The lowest BCUT2D eigenvalue weighted by Crippen LogP contribution is -2.50. The topological polar surface area (TPSA) is 59.1 Å². The Bertz CT molecular complexity index is 516. The zero-order chi connectivity index (χ0) is 16.1. The first-order valence-electron chi connectivity index (χ1n) is 7.37. The van der Waals surface area contributed by atoms with Crippen LogP contribution in [0, 0.1) is 0 Å². The Hall–Kier alpha value is -1.50. The van der Waals surface area contributed by atoms with E-state index in [2.05, 4.69) is 10.2 Å². The first-order chi connectivity index (χ1) is 10.5. The summed E-state index contributed by atoms with van der Waals surface area (Å²) in [6, 6.07) is 5.38. The molecule has 0 aromatic heterocycles. The minimum atomic E-state index is -0.114. The molecule has 6 nitrogen and oxygen atoms in total. The molecule has 2 amide bonds. The highest BCUT2D eigenvalue weighted by Crippen LogP contribution is 2.27. The Morgan fingerprint density at radius 2 is 2.00 bits per heavy atom. The maximum absolute atomic E-state index is 12.3. The molecule has 0 aliphatic carbocycles. The van der Waals surface area contributed by atoms with Crippen LogP contribution < -0.4 is 10.2 Å². The van der Waals surface area contributed by atoms with Crippen molar-refractivity contribution in [3.05, 3.63) is 23.2 Å². The van der Waals surface area contributed by atoms with E-state index in [1.165, 1.54) is 0 Å². The van der Waals surface area contributed by atoms with Crippen LogP contribution >= 0.6 is 11.6 Å². The molecule has 0 saturated carbocycles. The fourth-order valence-corrected chi connectivity index (χ4v) is 2.82. The van der Waals surface area contributed by atoms with Crippen molar-refractivity contribution in [3.8, 4) is 0 Å². The highest BCUT2D eigenvalue weighted by atomic mass is 35.5. The van der Waals surface area contributed by atoms with E-state index < -0.39 is 0 Å². The summed E-state index contributed by atoms with van der Waals surface area (Å²) < 4.78 is 0. The number of benzene rings is 1. The van der Waals surface area contributed by atoms with Gasteiger partial charge in [0.25, 0.3) is 0 Å². The number of carbonyl (C=O) groups excluding carboxylic acids is 1. The maximum atomic E-state index is 12.3. The predicted molar refractivity (Wildman–Crippen MR) is 89.9 cm³/mol. The molecule has 122 valence electrons. The van der Waals surface area contributed by atoms with Crippen molar-refractivity contribution in [2.75, 3.05) is 63.6 Å². The SMILES string of the molecule is CN(C)c1ccc(NC(=O)N2CCN(CCO)CC2)cc1Cl. The summed E-state index contributed by atoms with van der Waals surface area (Å²) in [6.45, 7) is 3.72. The molecule has 1 aromatic rings. The van der Waals surface area contributed by atoms with Gasteiger partial charge in [-0.15, -0.1) is 0 Å². The van der Waals surface area contributed by atoms with Crippen molar-refractivity contribution >= 4 is 29.0 Å². The third-order valence-corrected chi connectivity index (χ3v) is 4.06. The Balaban J connectivity index is 1.91. The number of hydrogen-bond donors (Lipinski definition) is 2. The van der Waals surface area contributed by atoms with Gasteiger partial charge in [-0.3, -0.25) is 4.90 Å². The summed E-state index contributed by atoms with van der Waals surface area (Å²) in [5.74, 6) is 0. The number of hydrogen-bond acceptors (Lipinski definition) is 4. The van der Waals surface area contributed by atoms with Crippen LogP contribution in [0.15, 0.2) is 18.2 Å². The fourth-order valence-electron chi connectivity index (χ4n) is 2.47. The summed E-state index contributed by atoms with van der Waals surface area (Å²) in [7, 11) is 3.84. The summed E-state index contributed by atoms with van der Waals surface area (Å²) in [4.78, 5) is 18.1. The van der Waals surface area contributed by atoms with Gasteiger partial charge in [-0.05, 0) is 18.2 Å². The standard InChI is InChI=1S/C15H23ClN4O2/c1-18(2)14-4-3-12(11-13(14)16)17-15(22)20-7-5-19(6-8-20)9-10-21/h3-4,11,21H,5-10H2,1-2H3,(H,17,22). The van der Waals surface area contributed by atoms with Crippen molar-refractivity contribution in [2.24, 2.45) is 0 Å². The zero-order valence-corrected chi connectivity index (χ0v) is 13.8. The normalized spacial score (nSPS) is 15.7. The van der Waals surface area contributed by atoms with Gasteiger partial charge in [-0.1, -0.05) is 11.6 Å². The lowest BCUT2D eigenvalue weighted by molar-refractivity contribution is 0.127. The van der Waals surface area contributed by atoms with Gasteiger partial charge in [0.05, 0.1) is 17.3 Å². The fraction of sp³-hybridized carbons (Fsp3) is 0.533. The highest BCUT2D eigenvalue weighted by Gasteiger charge is 2.20. The third-order valence-electron chi connectivity index (χ3n) is 3.76. The van der Waals surface area contributed by atoms with E-state index in [4.69, 9.17) is 16.7 Å². The average Bonchev–Trinajstić information content (AvgIpc) is 2.48. The Labute approximate surface area is 136 Å². The van der Waals surface area contributed by atoms with Crippen LogP contribution in [-0.2, 0) is 0 Å². The number of anilines is 2. The quantitative estimate of drug-likeness (QED) is 0.881. The van der Waals surface area contributed by atoms with Crippen LogP contribution in [0.2, 0.25) is 5.02 Å². The monoisotopic (exact) mass is 326 g/mol. The smallest absolute Gasteiger partial charge is 0.321 e. The molecule has 22 heavy (non-hydrogen) atoms. The van der Waals surface area contributed by atoms with Crippen LogP contribution in [0.1, 0.15) is 0 Å². The molecular formula is C15H23ClN4O2. The Kier molecular flexibility index (Phi) is 5.88. The number of carbonyl (C=O) groups is 1. The largest absolute Gasteiger partial charge is 0.395 e. The van der Waals surface area contributed by atoms with Crippen LogP contribution in [-0.4, -0.2) is 74.4 Å². The summed E-state index contributed by atoms with van der Waals surface area (Å²) in [5, 5.41) is 12.4. The first-order valence-corrected chi connectivity index (χ1v) is 7.75. The van der Waals surface area contributed by atoms with E-state index in [-0.39, 0.29) is 12.6 Å². The lowest BCUT2D eigenvalue weighted by atomic mass is 10.2.